The van der Waals surface area contributed by atoms with Gasteiger partial charge in [-0.05, 0) is 0 Å². The molecule has 3 heteroatoms. The Hall–Kier alpha value is -0.120. The molecule has 2 N–H and O–H groups in total. The van der Waals surface area contributed by atoms with Crippen molar-refractivity contribution in [3.05, 3.63) is 0 Å². The number of aliphatic hydroxyl groups excluding tert-OH is 2. The van der Waals surface area contributed by atoms with Crippen molar-refractivity contribution in [2.24, 2.45) is 5.92 Å². The number of fused-ring (bicyclic) bond motifs is 1. The minimum atomic E-state index is -0.321. The standard InChI is InChI=1S/C6H10O3/c7-2-3-4(8)1-5-6(3)9-5/h3-8H,1-2H2/t3?,4-,5+,6-/m0/s1. The molecule has 2 fully saturated rings. The van der Waals surface area contributed by atoms with E-state index < -0.39 is 0 Å². The summed E-state index contributed by atoms with van der Waals surface area (Å²) >= 11 is 0. The predicted molar refractivity (Wildman–Crippen MR) is 29.9 cm³/mol. The summed E-state index contributed by atoms with van der Waals surface area (Å²) in [7, 11) is 0. The van der Waals surface area contributed by atoms with Crippen molar-refractivity contribution in [1.82, 2.24) is 0 Å². The molecule has 1 aliphatic carbocycles. The number of hydrogen-bond acceptors (Lipinski definition) is 3. The van der Waals surface area contributed by atoms with Gasteiger partial charge in [-0.15, -0.1) is 0 Å². The summed E-state index contributed by atoms with van der Waals surface area (Å²) in [5, 5.41) is 17.8. The number of ether oxygens (including phenoxy) is 1. The number of epoxide rings is 1. The summed E-state index contributed by atoms with van der Waals surface area (Å²) in [4.78, 5) is 0. The van der Waals surface area contributed by atoms with Crippen molar-refractivity contribution in [3.63, 3.8) is 0 Å². The Bertz CT molecular complexity index is 123. The van der Waals surface area contributed by atoms with Crippen LogP contribution in [-0.4, -0.2) is 35.1 Å². The maximum Gasteiger partial charge on any atom is 0.0917 e. The molecule has 0 aromatic rings. The molecule has 0 radical (unpaired) electrons. The fourth-order valence-electron chi connectivity index (χ4n) is 1.58. The summed E-state index contributed by atoms with van der Waals surface area (Å²) in [6.45, 7) is 0.0579. The van der Waals surface area contributed by atoms with E-state index in [1.165, 1.54) is 0 Å². The van der Waals surface area contributed by atoms with Crippen molar-refractivity contribution in [1.29, 1.82) is 0 Å². The van der Waals surface area contributed by atoms with Crippen molar-refractivity contribution in [3.8, 4) is 0 Å². The molecule has 3 nitrogen and oxygen atoms in total. The fourth-order valence-corrected chi connectivity index (χ4v) is 1.58. The summed E-state index contributed by atoms with van der Waals surface area (Å²) in [5.41, 5.74) is 0. The van der Waals surface area contributed by atoms with Gasteiger partial charge in [-0.2, -0.15) is 0 Å². The van der Waals surface area contributed by atoms with Gasteiger partial charge < -0.3 is 14.9 Å². The minimum Gasteiger partial charge on any atom is -0.396 e. The molecule has 0 bridgehead atoms. The largest absolute Gasteiger partial charge is 0.396 e. The molecule has 1 saturated carbocycles. The van der Waals surface area contributed by atoms with E-state index in [0.717, 1.165) is 6.42 Å². The van der Waals surface area contributed by atoms with Crippen molar-refractivity contribution >= 4 is 0 Å². The molecule has 0 amide bonds. The molecular weight excluding hydrogens is 120 g/mol. The summed E-state index contributed by atoms with van der Waals surface area (Å²) in [5.74, 6) is -0.00463. The van der Waals surface area contributed by atoms with Gasteiger partial charge in [-0.1, -0.05) is 0 Å². The van der Waals surface area contributed by atoms with Crippen LogP contribution in [0.25, 0.3) is 0 Å². The van der Waals surface area contributed by atoms with Crippen LogP contribution in [0.2, 0.25) is 0 Å². The van der Waals surface area contributed by atoms with Crippen molar-refractivity contribution in [2.75, 3.05) is 6.61 Å². The molecule has 2 rings (SSSR count). The highest BCUT2D eigenvalue weighted by atomic mass is 16.6. The lowest BCUT2D eigenvalue weighted by molar-refractivity contribution is 0.0423. The van der Waals surface area contributed by atoms with Crippen LogP contribution in [0.3, 0.4) is 0 Å². The molecule has 0 aromatic heterocycles. The maximum absolute atomic E-state index is 9.15. The first kappa shape index (κ1) is 5.65. The van der Waals surface area contributed by atoms with Gasteiger partial charge in [0.25, 0.3) is 0 Å². The predicted octanol–water partition coefficient (Wildman–Crippen LogP) is -0.873. The van der Waals surface area contributed by atoms with E-state index in [0.29, 0.717) is 0 Å². The molecule has 0 spiro atoms. The maximum atomic E-state index is 9.15. The lowest BCUT2D eigenvalue weighted by atomic mass is 10.1. The van der Waals surface area contributed by atoms with Gasteiger partial charge in [0.1, 0.15) is 0 Å². The molecule has 1 aliphatic heterocycles. The van der Waals surface area contributed by atoms with Crippen LogP contribution in [0.4, 0.5) is 0 Å². The smallest absolute Gasteiger partial charge is 0.0917 e. The highest BCUT2D eigenvalue weighted by Gasteiger charge is 2.54. The van der Waals surface area contributed by atoms with Crippen molar-refractivity contribution < 1.29 is 14.9 Å². The zero-order chi connectivity index (χ0) is 6.43. The van der Waals surface area contributed by atoms with Crippen LogP contribution in [0.5, 0.6) is 0 Å². The molecule has 1 saturated heterocycles. The zero-order valence-corrected chi connectivity index (χ0v) is 5.03. The average Bonchev–Trinajstić information content (AvgIpc) is 2.45. The average molecular weight is 130 g/mol. The zero-order valence-electron chi connectivity index (χ0n) is 5.03. The minimum absolute atomic E-state index is 0.00463. The van der Waals surface area contributed by atoms with Gasteiger partial charge in [0, 0.05) is 12.3 Å². The SMILES string of the molecule is OCC1[C@@H](O)C[C@H]2O[C@@H]12. The van der Waals surface area contributed by atoms with E-state index in [1.54, 1.807) is 0 Å². The van der Waals surface area contributed by atoms with Crippen LogP contribution in [-0.2, 0) is 4.74 Å². The Kier molecular flexibility index (Phi) is 1.06. The molecule has 1 heterocycles. The quantitative estimate of drug-likeness (QED) is 0.453. The first-order valence-electron chi connectivity index (χ1n) is 3.27. The first-order valence-corrected chi connectivity index (χ1v) is 3.27. The second-order valence-corrected chi connectivity index (χ2v) is 2.79. The first-order chi connectivity index (χ1) is 4.33. The lowest BCUT2D eigenvalue weighted by Gasteiger charge is -2.12. The summed E-state index contributed by atoms with van der Waals surface area (Å²) in [6.07, 6.45) is 0.830. The Morgan fingerprint density at radius 2 is 2.33 bits per heavy atom. The molecule has 0 aromatic carbocycles. The van der Waals surface area contributed by atoms with Gasteiger partial charge >= 0.3 is 0 Å². The third kappa shape index (κ3) is 0.689. The summed E-state index contributed by atoms with van der Waals surface area (Å²) < 4.78 is 5.11. The van der Waals surface area contributed by atoms with E-state index in [-0.39, 0.29) is 30.8 Å². The highest BCUT2D eigenvalue weighted by molar-refractivity contribution is 5.02. The fraction of sp³-hybridized carbons (Fsp3) is 1.00. The topological polar surface area (TPSA) is 53.0 Å². The molecule has 1 unspecified atom stereocenters. The highest BCUT2D eigenvalue weighted by Crippen LogP contribution is 2.42. The molecule has 2 aliphatic rings. The Balaban J connectivity index is 2.02. The van der Waals surface area contributed by atoms with E-state index in [9.17, 15) is 0 Å². The van der Waals surface area contributed by atoms with E-state index >= 15 is 0 Å². The number of hydrogen-bond donors (Lipinski definition) is 2. The Morgan fingerprint density at radius 3 is 2.67 bits per heavy atom. The lowest BCUT2D eigenvalue weighted by Crippen LogP contribution is -2.23. The van der Waals surface area contributed by atoms with Gasteiger partial charge in [0.15, 0.2) is 0 Å². The molecule has 4 atom stereocenters. The molecule has 52 valence electrons. The van der Waals surface area contributed by atoms with Gasteiger partial charge in [0.05, 0.1) is 24.9 Å². The monoisotopic (exact) mass is 130 g/mol. The van der Waals surface area contributed by atoms with Crippen LogP contribution < -0.4 is 0 Å². The van der Waals surface area contributed by atoms with Crippen molar-refractivity contribution in [2.45, 2.75) is 24.7 Å². The van der Waals surface area contributed by atoms with Gasteiger partial charge in [-0.25, -0.2) is 0 Å². The van der Waals surface area contributed by atoms with Gasteiger partial charge in [0.2, 0.25) is 0 Å². The third-order valence-corrected chi connectivity index (χ3v) is 2.22. The van der Waals surface area contributed by atoms with Crippen LogP contribution >= 0.6 is 0 Å². The molecular formula is C6H10O3. The van der Waals surface area contributed by atoms with Crippen LogP contribution in [0.1, 0.15) is 6.42 Å². The normalized spacial score (nSPS) is 55.3. The molecule has 9 heavy (non-hydrogen) atoms. The van der Waals surface area contributed by atoms with Crippen LogP contribution in [0.15, 0.2) is 0 Å². The third-order valence-electron chi connectivity index (χ3n) is 2.22. The van der Waals surface area contributed by atoms with Crippen LogP contribution in [0, 0.1) is 5.92 Å². The second kappa shape index (κ2) is 1.68. The van der Waals surface area contributed by atoms with E-state index in [1.807, 2.05) is 0 Å². The van der Waals surface area contributed by atoms with E-state index in [2.05, 4.69) is 0 Å². The van der Waals surface area contributed by atoms with Gasteiger partial charge in [-0.3, -0.25) is 0 Å². The Labute approximate surface area is 53.3 Å². The Morgan fingerprint density at radius 1 is 1.56 bits per heavy atom. The summed E-state index contributed by atoms with van der Waals surface area (Å²) in [6, 6.07) is 0. The number of aliphatic hydroxyl groups is 2. The number of rotatable bonds is 1. The second-order valence-electron chi connectivity index (χ2n) is 2.79. The van der Waals surface area contributed by atoms with E-state index in [4.69, 9.17) is 14.9 Å².